The molecule has 0 saturated carbocycles. The van der Waals surface area contributed by atoms with Crippen molar-refractivity contribution in [1.82, 2.24) is 0 Å². The molecular formula is C22H21ClN2O4S. The number of hydrogen-bond donors (Lipinski definition) is 2. The van der Waals surface area contributed by atoms with Crippen molar-refractivity contribution in [3.05, 3.63) is 82.9 Å². The topological polar surface area (TPSA) is 84.5 Å². The van der Waals surface area contributed by atoms with Crippen molar-refractivity contribution < 1.29 is 17.9 Å². The van der Waals surface area contributed by atoms with E-state index in [1.54, 1.807) is 43.3 Å². The Morgan fingerprint density at radius 1 is 1.00 bits per heavy atom. The maximum Gasteiger partial charge on any atom is 0.261 e. The second-order valence-corrected chi connectivity index (χ2v) is 8.59. The molecule has 0 spiro atoms. The van der Waals surface area contributed by atoms with E-state index in [4.69, 9.17) is 16.3 Å². The summed E-state index contributed by atoms with van der Waals surface area (Å²) in [4.78, 5) is 12.8. The minimum Gasteiger partial charge on any atom is -0.492 e. The highest BCUT2D eigenvalue weighted by Gasteiger charge is 2.17. The summed E-state index contributed by atoms with van der Waals surface area (Å²) < 4.78 is 33.2. The second kappa shape index (κ2) is 9.19. The smallest absolute Gasteiger partial charge is 0.261 e. The Kier molecular flexibility index (Phi) is 6.64. The number of sulfonamides is 1. The van der Waals surface area contributed by atoms with Gasteiger partial charge in [0.1, 0.15) is 5.75 Å². The lowest BCUT2D eigenvalue weighted by atomic mass is 10.1. The van der Waals surface area contributed by atoms with Gasteiger partial charge in [0.2, 0.25) is 0 Å². The summed E-state index contributed by atoms with van der Waals surface area (Å²) >= 11 is 5.82. The van der Waals surface area contributed by atoms with Crippen molar-refractivity contribution in [2.75, 3.05) is 16.6 Å². The predicted molar refractivity (Wildman–Crippen MR) is 119 cm³/mol. The average Bonchev–Trinajstić information content (AvgIpc) is 2.71. The maximum absolute atomic E-state index is 12.7. The van der Waals surface area contributed by atoms with Crippen LogP contribution in [0.5, 0.6) is 5.75 Å². The van der Waals surface area contributed by atoms with E-state index in [2.05, 4.69) is 10.0 Å². The zero-order valence-electron chi connectivity index (χ0n) is 16.5. The Morgan fingerprint density at radius 3 is 2.37 bits per heavy atom. The summed E-state index contributed by atoms with van der Waals surface area (Å²) in [5.41, 5.74) is 1.96. The molecule has 1 amide bonds. The van der Waals surface area contributed by atoms with Crippen LogP contribution in [0.4, 0.5) is 11.4 Å². The highest BCUT2D eigenvalue weighted by molar-refractivity contribution is 7.92. The van der Waals surface area contributed by atoms with Gasteiger partial charge in [0.25, 0.3) is 15.9 Å². The number of halogens is 1. The molecule has 0 unspecified atom stereocenters. The Labute approximate surface area is 180 Å². The largest absolute Gasteiger partial charge is 0.492 e. The highest BCUT2D eigenvalue weighted by atomic mass is 35.5. The third-order valence-corrected chi connectivity index (χ3v) is 5.93. The van der Waals surface area contributed by atoms with Crippen molar-refractivity contribution in [2.45, 2.75) is 18.7 Å². The molecule has 0 atom stereocenters. The Balaban J connectivity index is 1.78. The number of nitrogens with one attached hydrogen (secondary N) is 2. The first-order valence-electron chi connectivity index (χ1n) is 9.22. The normalized spacial score (nSPS) is 11.0. The van der Waals surface area contributed by atoms with Crippen LogP contribution in [0.2, 0.25) is 5.02 Å². The van der Waals surface area contributed by atoms with E-state index in [1.807, 2.05) is 13.0 Å². The first-order valence-corrected chi connectivity index (χ1v) is 11.1. The zero-order chi connectivity index (χ0) is 21.7. The number of aryl methyl sites for hydroxylation is 1. The molecular weight excluding hydrogens is 424 g/mol. The molecule has 3 aromatic rings. The maximum atomic E-state index is 12.7. The summed E-state index contributed by atoms with van der Waals surface area (Å²) in [6, 6.07) is 17.8. The minimum atomic E-state index is -3.77. The van der Waals surface area contributed by atoms with Gasteiger partial charge >= 0.3 is 0 Å². The number of ether oxygens (including phenoxy) is 1. The van der Waals surface area contributed by atoms with Gasteiger partial charge in [-0.05, 0) is 74.0 Å². The molecule has 0 aliphatic rings. The molecule has 0 heterocycles. The van der Waals surface area contributed by atoms with Crippen LogP contribution in [0.1, 0.15) is 22.8 Å². The van der Waals surface area contributed by atoms with Crippen LogP contribution in [-0.4, -0.2) is 20.9 Å². The van der Waals surface area contributed by atoms with Crippen molar-refractivity contribution in [3.63, 3.8) is 0 Å². The number of hydrogen-bond acceptors (Lipinski definition) is 4. The summed E-state index contributed by atoms with van der Waals surface area (Å²) in [6.07, 6.45) is 0. The highest BCUT2D eigenvalue weighted by Crippen LogP contribution is 2.26. The molecule has 2 N–H and O–H groups in total. The van der Waals surface area contributed by atoms with Gasteiger partial charge in [0.15, 0.2) is 0 Å². The molecule has 0 aromatic heterocycles. The zero-order valence-corrected chi connectivity index (χ0v) is 18.0. The van der Waals surface area contributed by atoms with Crippen molar-refractivity contribution in [3.8, 4) is 5.75 Å². The fraction of sp³-hybridized carbons (Fsp3) is 0.136. The van der Waals surface area contributed by atoms with Gasteiger partial charge in [-0.15, -0.1) is 0 Å². The van der Waals surface area contributed by atoms with E-state index in [1.165, 1.54) is 24.3 Å². The van der Waals surface area contributed by atoms with Gasteiger partial charge < -0.3 is 10.1 Å². The van der Waals surface area contributed by atoms with Crippen LogP contribution in [0, 0.1) is 6.92 Å². The van der Waals surface area contributed by atoms with E-state index < -0.39 is 10.0 Å². The lowest BCUT2D eigenvalue weighted by Gasteiger charge is -2.13. The summed E-state index contributed by atoms with van der Waals surface area (Å²) in [7, 11) is -3.77. The molecule has 0 aliphatic carbocycles. The summed E-state index contributed by atoms with van der Waals surface area (Å²) in [5.74, 6) is 0.259. The number of carbonyl (C=O) groups is 1. The number of amides is 1. The molecule has 0 radical (unpaired) electrons. The minimum absolute atomic E-state index is 0.0978. The van der Waals surface area contributed by atoms with Crippen LogP contribution in [0.25, 0.3) is 0 Å². The molecule has 0 saturated heterocycles. The van der Waals surface area contributed by atoms with E-state index in [9.17, 15) is 13.2 Å². The third kappa shape index (κ3) is 5.11. The Hall–Kier alpha value is -3.03. The first-order chi connectivity index (χ1) is 14.3. The average molecular weight is 445 g/mol. The van der Waals surface area contributed by atoms with Gasteiger partial charge in [-0.2, -0.15) is 0 Å². The first kappa shape index (κ1) is 21.7. The summed E-state index contributed by atoms with van der Waals surface area (Å²) in [6.45, 7) is 4.07. The van der Waals surface area contributed by atoms with Crippen LogP contribution in [0.15, 0.2) is 71.6 Å². The number of benzene rings is 3. The molecule has 8 heteroatoms. The second-order valence-electron chi connectivity index (χ2n) is 6.47. The quantitative estimate of drug-likeness (QED) is 0.531. The fourth-order valence-electron chi connectivity index (χ4n) is 2.78. The number of rotatable bonds is 7. The van der Waals surface area contributed by atoms with Gasteiger partial charge in [-0.3, -0.25) is 9.52 Å². The molecule has 30 heavy (non-hydrogen) atoms. The lowest BCUT2D eigenvalue weighted by Crippen LogP contribution is -2.15. The summed E-state index contributed by atoms with van der Waals surface area (Å²) in [5, 5.41) is 3.27. The van der Waals surface area contributed by atoms with Crippen molar-refractivity contribution in [1.29, 1.82) is 0 Å². The third-order valence-electron chi connectivity index (χ3n) is 4.29. The standard InChI is InChI=1S/C22H21ClN2O4S/c1-3-29-21-7-5-4-6-20(21)24-22(26)16-8-13-19(15(2)14-16)25-30(27,28)18-11-9-17(23)10-12-18/h4-14,25H,3H2,1-2H3,(H,24,26). The van der Waals surface area contributed by atoms with Crippen molar-refractivity contribution >= 4 is 38.9 Å². The number of para-hydroxylation sites is 2. The van der Waals surface area contributed by atoms with Gasteiger partial charge in [0.05, 0.1) is 22.9 Å². The molecule has 6 nitrogen and oxygen atoms in total. The Morgan fingerprint density at radius 2 is 1.70 bits per heavy atom. The van der Waals surface area contributed by atoms with E-state index in [0.29, 0.717) is 39.9 Å². The van der Waals surface area contributed by atoms with Gasteiger partial charge in [-0.1, -0.05) is 23.7 Å². The fourth-order valence-corrected chi connectivity index (χ4v) is 4.04. The van der Waals surface area contributed by atoms with E-state index in [0.717, 1.165) is 0 Å². The van der Waals surface area contributed by atoms with Crippen LogP contribution in [0.3, 0.4) is 0 Å². The van der Waals surface area contributed by atoms with E-state index >= 15 is 0 Å². The molecule has 3 rings (SSSR count). The van der Waals surface area contributed by atoms with Gasteiger partial charge in [-0.25, -0.2) is 8.42 Å². The Bertz CT molecular complexity index is 1160. The number of carbonyl (C=O) groups excluding carboxylic acids is 1. The lowest BCUT2D eigenvalue weighted by molar-refractivity contribution is 0.102. The number of anilines is 2. The predicted octanol–water partition coefficient (Wildman–Crippen LogP) is 5.10. The van der Waals surface area contributed by atoms with E-state index in [-0.39, 0.29) is 10.8 Å². The molecule has 0 fully saturated rings. The molecule has 0 bridgehead atoms. The SMILES string of the molecule is CCOc1ccccc1NC(=O)c1ccc(NS(=O)(=O)c2ccc(Cl)cc2)c(C)c1. The van der Waals surface area contributed by atoms with Gasteiger partial charge in [0, 0.05) is 10.6 Å². The van der Waals surface area contributed by atoms with Crippen LogP contribution < -0.4 is 14.8 Å². The molecule has 0 aliphatic heterocycles. The molecule has 156 valence electrons. The molecule has 3 aromatic carbocycles. The monoisotopic (exact) mass is 444 g/mol. The van der Waals surface area contributed by atoms with Crippen LogP contribution in [-0.2, 0) is 10.0 Å². The van der Waals surface area contributed by atoms with Crippen molar-refractivity contribution in [2.24, 2.45) is 0 Å². The van der Waals surface area contributed by atoms with Crippen LogP contribution >= 0.6 is 11.6 Å².